The summed E-state index contributed by atoms with van der Waals surface area (Å²) in [6.45, 7) is 6.66. The second-order valence-electron chi connectivity index (χ2n) is 8.47. The molecule has 1 fully saturated rings. The van der Waals surface area contributed by atoms with Crippen molar-refractivity contribution in [2.24, 2.45) is 0 Å². The predicted molar refractivity (Wildman–Crippen MR) is 141 cm³/mol. The molecule has 0 unspecified atom stereocenters. The van der Waals surface area contributed by atoms with Crippen LogP contribution in [0.4, 0.5) is 5.69 Å². The summed E-state index contributed by atoms with van der Waals surface area (Å²) in [5.74, 6) is 0.872. The number of hydrogen-bond donors (Lipinski definition) is 0. The normalized spacial score (nSPS) is 14.2. The van der Waals surface area contributed by atoms with Crippen molar-refractivity contribution >= 4 is 17.3 Å². The molecule has 0 bridgehead atoms. The van der Waals surface area contributed by atoms with Gasteiger partial charge in [0.15, 0.2) is 0 Å². The maximum absolute atomic E-state index is 13.6. The minimum absolute atomic E-state index is 0.271. The third kappa shape index (κ3) is 5.09. The second kappa shape index (κ2) is 10.3. The lowest BCUT2D eigenvalue weighted by Crippen LogP contribution is -2.46. The SMILES string of the molecule is CCN1CCN(c2cnn(-c3ccc(Cl)cc3)c(=O)c2Oc2ccc(-c3ccccc3)cc2)CC1. The molecule has 35 heavy (non-hydrogen) atoms. The van der Waals surface area contributed by atoms with Crippen LogP contribution in [0, 0.1) is 0 Å². The molecule has 178 valence electrons. The summed E-state index contributed by atoms with van der Waals surface area (Å²) in [6.07, 6.45) is 1.73. The van der Waals surface area contributed by atoms with Crippen LogP contribution in [0.5, 0.6) is 11.5 Å². The van der Waals surface area contributed by atoms with Gasteiger partial charge in [0.1, 0.15) is 11.4 Å². The standard InChI is InChI=1S/C28H27ClN4O2/c1-2-31-16-18-32(19-17-31)26-20-30-33(24-12-10-23(29)11-13-24)28(34)27(26)35-25-14-8-22(9-15-25)21-6-4-3-5-7-21/h3-15,20H,2,16-19H2,1H3. The van der Waals surface area contributed by atoms with E-state index in [2.05, 4.69) is 34.0 Å². The molecule has 0 atom stereocenters. The Labute approximate surface area is 210 Å². The van der Waals surface area contributed by atoms with Crippen LogP contribution in [0.2, 0.25) is 5.02 Å². The fourth-order valence-corrected chi connectivity index (χ4v) is 4.41. The highest BCUT2D eigenvalue weighted by molar-refractivity contribution is 6.30. The van der Waals surface area contributed by atoms with Crippen molar-refractivity contribution in [2.75, 3.05) is 37.6 Å². The number of nitrogens with zero attached hydrogens (tertiary/aromatic N) is 4. The number of hydrogen-bond acceptors (Lipinski definition) is 5. The second-order valence-corrected chi connectivity index (χ2v) is 8.90. The van der Waals surface area contributed by atoms with Gasteiger partial charge < -0.3 is 14.5 Å². The first-order valence-electron chi connectivity index (χ1n) is 11.8. The first-order chi connectivity index (χ1) is 17.1. The summed E-state index contributed by atoms with van der Waals surface area (Å²) in [5.41, 5.74) is 3.24. The topological polar surface area (TPSA) is 50.6 Å². The number of likely N-dealkylation sites (N-methyl/N-ethyl adjacent to an activating group) is 1. The number of benzene rings is 3. The summed E-state index contributed by atoms with van der Waals surface area (Å²) in [6, 6.07) is 25.0. The Kier molecular flexibility index (Phi) is 6.84. The first kappa shape index (κ1) is 23.1. The number of piperazine rings is 1. The number of anilines is 1. The molecular formula is C28H27ClN4O2. The summed E-state index contributed by atoms with van der Waals surface area (Å²) in [4.78, 5) is 18.2. The van der Waals surface area contributed by atoms with Gasteiger partial charge in [-0.05, 0) is 54.1 Å². The van der Waals surface area contributed by atoms with Crippen LogP contribution in [0.1, 0.15) is 6.92 Å². The molecule has 7 heteroatoms. The molecule has 1 aliphatic rings. The molecule has 0 amide bonds. The Morgan fingerprint density at radius 3 is 2.17 bits per heavy atom. The maximum Gasteiger partial charge on any atom is 0.316 e. The smallest absolute Gasteiger partial charge is 0.316 e. The molecule has 1 saturated heterocycles. The molecule has 1 aromatic heterocycles. The van der Waals surface area contributed by atoms with E-state index in [9.17, 15) is 4.79 Å². The zero-order valence-electron chi connectivity index (χ0n) is 19.6. The molecule has 0 saturated carbocycles. The average molecular weight is 487 g/mol. The molecule has 5 rings (SSSR count). The van der Waals surface area contributed by atoms with Gasteiger partial charge in [-0.3, -0.25) is 4.79 Å². The number of rotatable bonds is 6. The average Bonchev–Trinajstić information content (AvgIpc) is 2.91. The third-order valence-corrected chi connectivity index (χ3v) is 6.58. The van der Waals surface area contributed by atoms with Crippen LogP contribution in [0.15, 0.2) is 89.9 Å². The van der Waals surface area contributed by atoms with Gasteiger partial charge in [0.2, 0.25) is 5.75 Å². The van der Waals surface area contributed by atoms with Crippen molar-refractivity contribution in [3.05, 3.63) is 100 Å². The molecule has 1 aliphatic heterocycles. The van der Waals surface area contributed by atoms with Gasteiger partial charge in [-0.2, -0.15) is 9.78 Å². The molecule has 6 nitrogen and oxygen atoms in total. The van der Waals surface area contributed by atoms with Crippen LogP contribution < -0.4 is 15.2 Å². The van der Waals surface area contributed by atoms with Crippen LogP contribution in [0.25, 0.3) is 16.8 Å². The molecule has 2 heterocycles. The van der Waals surface area contributed by atoms with Crippen LogP contribution >= 0.6 is 11.6 Å². The molecule has 3 aromatic carbocycles. The number of halogens is 1. The molecule has 4 aromatic rings. The Morgan fingerprint density at radius 1 is 0.857 bits per heavy atom. The van der Waals surface area contributed by atoms with E-state index in [1.165, 1.54) is 4.68 Å². The van der Waals surface area contributed by atoms with E-state index in [0.29, 0.717) is 22.1 Å². The van der Waals surface area contributed by atoms with E-state index in [1.807, 2.05) is 42.5 Å². The van der Waals surface area contributed by atoms with Crippen molar-refractivity contribution in [1.29, 1.82) is 0 Å². The Balaban J connectivity index is 1.50. The Bertz CT molecular complexity index is 1330. The minimum Gasteiger partial charge on any atom is -0.449 e. The van der Waals surface area contributed by atoms with Crippen molar-refractivity contribution in [1.82, 2.24) is 14.7 Å². The summed E-state index contributed by atoms with van der Waals surface area (Å²) >= 11 is 6.04. The van der Waals surface area contributed by atoms with E-state index < -0.39 is 0 Å². The molecule has 0 spiro atoms. The van der Waals surface area contributed by atoms with Gasteiger partial charge in [-0.25, -0.2) is 0 Å². The fourth-order valence-electron chi connectivity index (χ4n) is 4.29. The predicted octanol–water partition coefficient (Wildman–Crippen LogP) is 5.49. The maximum atomic E-state index is 13.6. The summed E-state index contributed by atoms with van der Waals surface area (Å²) < 4.78 is 7.63. The van der Waals surface area contributed by atoms with Crippen LogP contribution in [-0.4, -0.2) is 47.4 Å². The van der Waals surface area contributed by atoms with Crippen molar-refractivity contribution in [3.8, 4) is 28.3 Å². The largest absolute Gasteiger partial charge is 0.449 e. The lowest BCUT2D eigenvalue weighted by Gasteiger charge is -2.35. The lowest BCUT2D eigenvalue weighted by molar-refractivity contribution is 0.270. The Hall–Kier alpha value is -3.61. The zero-order chi connectivity index (χ0) is 24.2. The van der Waals surface area contributed by atoms with E-state index in [1.54, 1.807) is 30.5 Å². The van der Waals surface area contributed by atoms with Gasteiger partial charge in [-0.1, -0.05) is 61.0 Å². The van der Waals surface area contributed by atoms with Gasteiger partial charge in [0, 0.05) is 31.2 Å². The Morgan fingerprint density at radius 2 is 1.51 bits per heavy atom. The van der Waals surface area contributed by atoms with Gasteiger partial charge in [-0.15, -0.1) is 0 Å². The minimum atomic E-state index is -0.310. The van der Waals surface area contributed by atoms with E-state index >= 15 is 0 Å². The molecule has 0 radical (unpaired) electrons. The van der Waals surface area contributed by atoms with Crippen molar-refractivity contribution in [3.63, 3.8) is 0 Å². The van der Waals surface area contributed by atoms with E-state index in [0.717, 1.165) is 43.9 Å². The van der Waals surface area contributed by atoms with Gasteiger partial charge in [0.05, 0.1) is 11.9 Å². The van der Waals surface area contributed by atoms with Gasteiger partial charge >= 0.3 is 5.56 Å². The highest BCUT2D eigenvalue weighted by Crippen LogP contribution is 2.31. The van der Waals surface area contributed by atoms with Crippen molar-refractivity contribution < 1.29 is 4.74 Å². The van der Waals surface area contributed by atoms with E-state index in [4.69, 9.17) is 16.3 Å². The summed E-state index contributed by atoms with van der Waals surface area (Å²) in [5, 5.41) is 5.07. The highest BCUT2D eigenvalue weighted by atomic mass is 35.5. The van der Waals surface area contributed by atoms with Crippen LogP contribution in [-0.2, 0) is 0 Å². The number of ether oxygens (including phenoxy) is 1. The van der Waals surface area contributed by atoms with Crippen molar-refractivity contribution in [2.45, 2.75) is 6.92 Å². The fraction of sp³-hybridized carbons (Fsp3) is 0.214. The lowest BCUT2D eigenvalue weighted by atomic mass is 10.1. The quantitative estimate of drug-likeness (QED) is 0.361. The monoisotopic (exact) mass is 486 g/mol. The van der Waals surface area contributed by atoms with E-state index in [-0.39, 0.29) is 11.3 Å². The zero-order valence-corrected chi connectivity index (χ0v) is 20.4. The van der Waals surface area contributed by atoms with Crippen LogP contribution in [0.3, 0.4) is 0 Å². The number of aromatic nitrogens is 2. The molecular weight excluding hydrogens is 460 g/mol. The first-order valence-corrected chi connectivity index (χ1v) is 12.2. The van der Waals surface area contributed by atoms with Gasteiger partial charge in [0.25, 0.3) is 0 Å². The third-order valence-electron chi connectivity index (χ3n) is 6.33. The molecule has 0 N–H and O–H groups in total. The highest BCUT2D eigenvalue weighted by Gasteiger charge is 2.23. The summed E-state index contributed by atoms with van der Waals surface area (Å²) in [7, 11) is 0. The molecule has 0 aliphatic carbocycles.